The van der Waals surface area contributed by atoms with Crippen molar-refractivity contribution in [1.29, 1.82) is 0 Å². The van der Waals surface area contributed by atoms with Crippen LogP contribution in [0.1, 0.15) is 22.6 Å². The van der Waals surface area contributed by atoms with E-state index in [1.807, 2.05) is 18.2 Å². The minimum atomic E-state index is -0.0929. The summed E-state index contributed by atoms with van der Waals surface area (Å²) in [5.74, 6) is 0.133. The largest absolute Gasteiger partial charge is 0.508 e. The van der Waals surface area contributed by atoms with Crippen LogP contribution in [0.2, 0.25) is 0 Å². The summed E-state index contributed by atoms with van der Waals surface area (Å²) in [5.41, 5.74) is 3.15. The zero-order valence-corrected chi connectivity index (χ0v) is 12.9. The van der Waals surface area contributed by atoms with Crippen LogP contribution in [0.25, 0.3) is 0 Å². The van der Waals surface area contributed by atoms with Crippen molar-refractivity contribution in [3.05, 3.63) is 65.7 Å². The number of hydrogen-bond donors (Lipinski definition) is 3. The van der Waals surface area contributed by atoms with Crippen molar-refractivity contribution >= 4 is 0 Å². The number of rotatable bonds is 3. The van der Waals surface area contributed by atoms with Crippen LogP contribution < -0.4 is 0 Å². The van der Waals surface area contributed by atoms with Crippen molar-refractivity contribution in [3.63, 3.8) is 0 Å². The molecule has 0 saturated carbocycles. The molecule has 1 aliphatic heterocycles. The van der Waals surface area contributed by atoms with Crippen molar-refractivity contribution in [2.24, 2.45) is 0 Å². The summed E-state index contributed by atoms with van der Waals surface area (Å²) in [7, 11) is 0. The second kappa shape index (κ2) is 6.34. The van der Waals surface area contributed by atoms with Crippen molar-refractivity contribution in [2.45, 2.75) is 12.3 Å². The van der Waals surface area contributed by atoms with Gasteiger partial charge in [0.15, 0.2) is 11.5 Å². The van der Waals surface area contributed by atoms with Gasteiger partial charge in [0.25, 0.3) is 0 Å². The van der Waals surface area contributed by atoms with E-state index in [0.717, 1.165) is 42.7 Å². The van der Waals surface area contributed by atoms with E-state index in [1.54, 1.807) is 24.3 Å². The van der Waals surface area contributed by atoms with E-state index < -0.39 is 0 Å². The quantitative estimate of drug-likeness (QED) is 0.602. The molecule has 0 fully saturated rings. The van der Waals surface area contributed by atoms with Gasteiger partial charge in [-0.2, -0.15) is 0 Å². The Labute approximate surface area is 135 Å². The van der Waals surface area contributed by atoms with Gasteiger partial charge < -0.3 is 15.3 Å². The fourth-order valence-corrected chi connectivity index (χ4v) is 3.24. The molecule has 3 rings (SSSR count). The normalized spacial score (nSPS) is 18.2. The Morgan fingerprint density at radius 2 is 1.78 bits per heavy atom. The molecule has 1 heterocycles. The SMILES string of the molecule is C=CCN1CCc2cc(O)c(O)cc2C(c2ccc(O)cc2)C1. The van der Waals surface area contributed by atoms with E-state index in [-0.39, 0.29) is 23.2 Å². The maximum Gasteiger partial charge on any atom is 0.157 e. The van der Waals surface area contributed by atoms with Gasteiger partial charge in [-0.15, -0.1) is 6.58 Å². The van der Waals surface area contributed by atoms with E-state index in [1.165, 1.54) is 0 Å². The Kier molecular flexibility index (Phi) is 4.26. The number of fused-ring (bicyclic) bond motifs is 1. The van der Waals surface area contributed by atoms with E-state index >= 15 is 0 Å². The lowest BCUT2D eigenvalue weighted by Gasteiger charge is -2.24. The first kappa shape index (κ1) is 15.4. The molecule has 0 spiro atoms. The highest BCUT2D eigenvalue weighted by Gasteiger charge is 2.25. The first-order valence-corrected chi connectivity index (χ1v) is 7.75. The van der Waals surface area contributed by atoms with Crippen molar-refractivity contribution < 1.29 is 15.3 Å². The summed E-state index contributed by atoms with van der Waals surface area (Å²) in [4.78, 5) is 2.30. The lowest BCUT2D eigenvalue weighted by molar-refractivity contribution is 0.306. The number of phenols is 3. The van der Waals surface area contributed by atoms with Gasteiger partial charge in [0.2, 0.25) is 0 Å². The van der Waals surface area contributed by atoms with Crippen LogP contribution in [0.5, 0.6) is 17.2 Å². The lowest BCUT2D eigenvalue weighted by Crippen LogP contribution is -2.28. The van der Waals surface area contributed by atoms with Crippen molar-refractivity contribution in [2.75, 3.05) is 19.6 Å². The number of nitrogens with zero attached hydrogens (tertiary/aromatic N) is 1. The highest BCUT2D eigenvalue weighted by Crippen LogP contribution is 2.37. The number of aromatic hydroxyl groups is 3. The smallest absolute Gasteiger partial charge is 0.157 e. The fraction of sp³-hybridized carbons (Fsp3) is 0.263. The molecule has 1 aliphatic rings. The molecule has 1 unspecified atom stereocenters. The predicted octanol–water partition coefficient (Wildman–Crippen LogP) is 2.98. The predicted molar refractivity (Wildman–Crippen MR) is 90.1 cm³/mol. The summed E-state index contributed by atoms with van der Waals surface area (Å²) in [6.45, 7) is 6.28. The van der Waals surface area contributed by atoms with Crippen LogP contribution in [-0.2, 0) is 6.42 Å². The summed E-state index contributed by atoms with van der Waals surface area (Å²) >= 11 is 0. The monoisotopic (exact) mass is 311 g/mol. The van der Waals surface area contributed by atoms with Gasteiger partial charge in [-0.05, 0) is 47.4 Å². The van der Waals surface area contributed by atoms with Crippen LogP contribution in [-0.4, -0.2) is 39.9 Å². The van der Waals surface area contributed by atoms with E-state index in [0.29, 0.717) is 0 Å². The second-order valence-electron chi connectivity index (χ2n) is 5.98. The third-order valence-electron chi connectivity index (χ3n) is 4.43. The van der Waals surface area contributed by atoms with Gasteiger partial charge in [-0.3, -0.25) is 4.90 Å². The maximum absolute atomic E-state index is 9.93. The first-order valence-electron chi connectivity index (χ1n) is 7.75. The van der Waals surface area contributed by atoms with Gasteiger partial charge in [0.1, 0.15) is 5.75 Å². The molecule has 0 aliphatic carbocycles. The summed E-state index contributed by atoms with van der Waals surface area (Å²) in [6, 6.07) is 10.5. The first-order chi connectivity index (χ1) is 11.1. The fourth-order valence-electron chi connectivity index (χ4n) is 3.24. The van der Waals surface area contributed by atoms with Crippen LogP contribution in [0.15, 0.2) is 49.1 Å². The average Bonchev–Trinajstić information content (AvgIpc) is 2.70. The molecule has 0 saturated heterocycles. The number of benzene rings is 2. The minimum Gasteiger partial charge on any atom is -0.508 e. The van der Waals surface area contributed by atoms with Crippen molar-refractivity contribution in [3.8, 4) is 17.2 Å². The molecule has 0 radical (unpaired) electrons. The third kappa shape index (κ3) is 3.17. The van der Waals surface area contributed by atoms with Gasteiger partial charge in [0.05, 0.1) is 0 Å². The van der Waals surface area contributed by atoms with E-state index in [2.05, 4.69) is 11.5 Å². The van der Waals surface area contributed by atoms with Gasteiger partial charge in [0, 0.05) is 25.6 Å². The Balaban J connectivity index is 2.07. The molecule has 0 bridgehead atoms. The van der Waals surface area contributed by atoms with Crippen LogP contribution >= 0.6 is 0 Å². The van der Waals surface area contributed by atoms with Crippen molar-refractivity contribution in [1.82, 2.24) is 4.90 Å². The van der Waals surface area contributed by atoms with E-state index in [4.69, 9.17) is 0 Å². The lowest BCUT2D eigenvalue weighted by atomic mass is 9.87. The Morgan fingerprint density at radius 3 is 2.48 bits per heavy atom. The molecule has 0 amide bonds. The third-order valence-corrected chi connectivity index (χ3v) is 4.43. The minimum absolute atomic E-state index is 0.0690. The molecule has 2 aromatic carbocycles. The zero-order chi connectivity index (χ0) is 16.4. The van der Waals surface area contributed by atoms with E-state index in [9.17, 15) is 15.3 Å². The van der Waals surface area contributed by atoms with Crippen LogP contribution in [0, 0.1) is 0 Å². The molecule has 0 aromatic heterocycles. The van der Waals surface area contributed by atoms with Crippen LogP contribution in [0.4, 0.5) is 0 Å². The standard InChI is InChI=1S/C19H21NO3/c1-2-8-20-9-7-14-10-18(22)19(23)11-16(14)17(12-20)13-3-5-15(21)6-4-13/h2-6,10-11,17,21-23H,1,7-9,12H2. The van der Waals surface area contributed by atoms with Gasteiger partial charge in [-0.25, -0.2) is 0 Å². The Bertz CT molecular complexity index is 709. The molecule has 120 valence electrons. The van der Waals surface area contributed by atoms with Gasteiger partial charge in [-0.1, -0.05) is 18.2 Å². The highest BCUT2D eigenvalue weighted by atomic mass is 16.3. The molecule has 23 heavy (non-hydrogen) atoms. The van der Waals surface area contributed by atoms with Crippen LogP contribution in [0.3, 0.4) is 0 Å². The summed E-state index contributed by atoms with van der Waals surface area (Å²) in [6.07, 6.45) is 2.70. The molecule has 4 heteroatoms. The maximum atomic E-state index is 9.93. The average molecular weight is 311 g/mol. The summed E-state index contributed by atoms with van der Waals surface area (Å²) in [5, 5.41) is 29.3. The topological polar surface area (TPSA) is 63.9 Å². The summed E-state index contributed by atoms with van der Waals surface area (Å²) < 4.78 is 0. The number of phenolic OH excluding ortho intramolecular Hbond substituents is 3. The second-order valence-corrected chi connectivity index (χ2v) is 5.98. The molecule has 2 aromatic rings. The highest BCUT2D eigenvalue weighted by molar-refractivity contribution is 5.50. The Morgan fingerprint density at radius 1 is 1.09 bits per heavy atom. The molecular weight excluding hydrogens is 290 g/mol. The number of hydrogen-bond acceptors (Lipinski definition) is 4. The van der Waals surface area contributed by atoms with Gasteiger partial charge >= 0.3 is 0 Å². The molecule has 1 atom stereocenters. The molecular formula is C19H21NO3. The molecule has 4 nitrogen and oxygen atoms in total. The Hall–Kier alpha value is -2.46. The molecule has 3 N–H and O–H groups in total. The zero-order valence-electron chi connectivity index (χ0n) is 12.9.